The van der Waals surface area contributed by atoms with Crippen LogP contribution in [0.5, 0.6) is 5.75 Å². The molecule has 76 valence electrons. The average molecular weight is 220 g/mol. The van der Waals surface area contributed by atoms with Crippen molar-refractivity contribution in [1.82, 2.24) is 5.32 Å². The monoisotopic (exact) mass is 219 g/mol. The van der Waals surface area contributed by atoms with Crippen LogP contribution in [0.4, 0.5) is 0 Å². The van der Waals surface area contributed by atoms with Gasteiger partial charge in [0.2, 0.25) is 0 Å². The number of fused-ring (bicyclic) bond motifs is 3. The summed E-state index contributed by atoms with van der Waals surface area (Å²) < 4.78 is 5.51. The van der Waals surface area contributed by atoms with Crippen molar-refractivity contribution >= 4 is 18.0 Å². The van der Waals surface area contributed by atoms with Gasteiger partial charge in [0.25, 0.3) is 0 Å². The molecule has 1 N–H and O–H groups in total. The number of benzene rings is 1. The summed E-state index contributed by atoms with van der Waals surface area (Å²) in [7, 11) is 0. The molecule has 0 bridgehead atoms. The molecule has 2 nitrogen and oxygen atoms in total. The van der Waals surface area contributed by atoms with Gasteiger partial charge in [-0.25, -0.2) is 0 Å². The molecule has 0 amide bonds. The SMILES string of the molecule is C1=CC2=COc3ccccc3C2=CN1.Cl. The van der Waals surface area contributed by atoms with Gasteiger partial charge in [0.05, 0.1) is 6.26 Å². The number of hydrogen-bond acceptors (Lipinski definition) is 2. The molecule has 0 atom stereocenters. The number of dihydropyridines is 1. The van der Waals surface area contributed by atoms with Crippen LogP contribution in [-0.2, 0) is 0 Å². The van der Waals surface area contributed by atoms with E-state index in [1.807, 2.05) is 36.7 Å². The van der Waals surface area contributed by atoms with Gasteiger partial charge in [0.1, 0.15) is 5.75 Å². The first-order valence-corrected chi connectivity index (χ1v) is 4.54. The summed E-state index contributed by atoms with van der Waals surface area (Å²) in [6.07, 6.45) is 7.68. The zero-order chi connectivity index (χ0) is 9.38. The van der Waals surface area contributed by atoms with Gasteiger partial charge in [-0.1, -0.05) is 18.2 Å². The van der Waals surface area contributed by atoms with Crippen LogP contribution in [0.3, 0.4) is 0 Å². The van der Waals surface area contributed by atoms with Gasteiger partial charge in [0, 0.05) is 29.1 Å². The second kappa shape index (κ2) is 3.83. The van der Waals surface area contributed by atoms with Gasteiger partial charge >= 0.3 is 0 Å². The molecule has 2 heterocycles. The lowest BCUT2D eigenvalue weighted by Gasteiger charge is -2.20. The van der Waals surface area contributed by atoms with Crippen molar-refractivity contribution < 1.29 is 4.74 Å². The second-order valence-electron chi connectivity index (χ2n) is 3.25. The molecule has 1 aromatic carbocycles. The molecular weight excluding hydrogens is 210 g/mol. The predicted octanol–water partition coefficient (Wildman–Crippen LogP) is 2.84. The van der Waals surface area contributed by atoms with Gasteiger partial charge in [-0.3, -0.25) is 0 Å². The van der Waals surface area contributed by atoms with E-state index < -0.39 is 0 Å². The summed E-state index contributed by atoms with van der Waals surface area (Å²) in [6, 6.07) is 8.03. The largest absolute Gasteiger partial charge is 0.464 e. The summed E-state index contributed by atoms with van der Waals surface area (Å²) in [6.45, 7) is 0. The number of para-hydroxylation sites is 1. The first-order valence-electron chi connectivity index (χ1n) is 4.54. The van der Waals surface area contributed by atoms with Crippen LogP contribution in [0.25, 0.3) is 5.57 Å². The van der Waals surface area contributed by atoms with Crippen molar-refractivity contribution in [2.75, 3.05) is 0 Å². The summed E-state index contributed by atoms with van der Waals surface area (Å²) in [5.74, 6) is 0.916. The Morgan fingerprint density at radius 2 is 2.00 bits per heavy atom. The Bertz CT molecular complexity index is 474. The van der Waals surface area contributed by atoms with Gasteiger partial charge in [-0.2, -0.15) is 0 Å². The minimum Gasteiger partial charge on any atom is -0.464 e. The van der Waals surface area contributed by atoms with Crippen LogP contribution >= 0.6 is 12.4 Å². The highest BCUT2D eigenvalue weighted by Crippen LogP contribution is 2.36. The Labute approximate surface area is 94.4 Å². The highest BCUT2D eigenvalue weighted by Gasteiger charge is 2.17. The van der Waals surface area contributed by atoms with Gasteiger partial charge in [-0.15, -0.1) is 12.4 Å². The van der Waals surface area contributed by atoms with E-state index in [0.717, 1.165) is 16.9 Å². The molecule has 0 aliphatic carbocycles. The maximum Gasteiger partial charge on any atom is 0.134 e. The Morgan fingerprint density at radius 3 is 2.93 bits per heavy atom. The Balaban J connectivity index is 0.000000853. The van der Waals surface area contributed by atoms with Crippen LogP contribution in [-0.4, -0.2) is 0 Å². The molecule has 0 unspecified atom stereocenters. The van der Waals surface area contributed by atoms with Gasteiger partial charge in [-0.05, 0) is 12.1 Å². The van der Waals surface area contributed by atoms with Gasteiger partial charge < -0.3 is 10.1 Å². The normalized spacial score (nSPS) is 15.7. The minimum atomic E-state index is 0. The quantitative estimate of drug-likeness (QED) is 0.725. The highest BCUT2D eigenvalue weighted by atomic mass is 35.5. The van der Waals surface area contributed by atoms with Crippen LogP contribution < -0.4 is 10.1 Å². The summed E-state index contributed by atoms with van der Waals surface area (Å²) in [5, 5.41) is 3.09. The van der Waals surface area contributed by atoms with E-state index in [2.05, 4.69) is 11.4 Å². The summed E-state index contributed by atoms with van der Waals surface area (Å²) in [4.78, 5) is 0. The van der Waals surface area contributed by atoms with Crippen molar-refractivity contribution in [3.8, 4) is 5.75 Å². The minimum absolute atomic E-state index is 0. The van der Waals surface area contributed by atoms with E-state index in [-0.39, 0.29) is 12.4 Å². The van der Waals surface area contributed by atoms with Crippen molar-refractivity contribution in [3.63, 3.8) is 0 Å². The molecule has 0 radical (unpaired) electrons. The van der Waals surface area contributed by atoms with Crippen molar-refractivity contribution in [2.45, 2.75) is 0 Å². The first kappa shape index (κ1) is 9.87. The predicted molar refractivity (Wildman–Crippen MR) is 62.7 cm³/mol. The molecular formula is C12H10ClNO. The lowest BCUT2D eigenvalue weighted by atomic mass is 9.96. The summed E-state index contributed by atoms with van der Waals surface area (Å²) >= 11 is 0. The molecule has 0 fully saturated rings. The number of halogens is 1. The highest BCUT2D eigenvalue weighted by molar-refractivity contribution is 5.86. The molecule has 3 rings (SSSR count). The molecule has 0 spiro atoms. The number of nitrogens with one attached hydrogen (secondary N) is 1. The maximum absolute atomic E-state index is 5.51. The summed E-state index contributed by atoms with van der Waals surface area (Å²) in [5.41, 5.74) is 3.44. The smallest absolute Gasteiger partial charge is 0.134 e. The van der Waals surface area contributed by atoms with Crippen LogP contribution in [0, 0.1) is 0 Å². The Hall–Kier alpha value is -1.67. The molecule has 2 aliphatic heterocycles. The maximum atomic E-state index is 5.51. The Morgan fingerprint density at radius 1 is 1.13 bits per heavy atom. The van der Waals surface area contributed by atoms with E-state index in [1.54, 1.807) is 6.26 Å². The van der Waals surface area contributed by atoms with E-state index in [0.29, 0.717) is 0 Å². The zero-order valence-electron chi connectivity index (χ0n) is 7.94. The van der Waals surface area contributed by atoms with Crippen molar-refractivity contribution in [3.05, 3.63) is 60.1 Å². The fourth-order valence-corrected chi connectivity index (χ4v) is 1.70. The molecule has 1 aromatic rings. The van der Waals surface area contributed by atoms with E-state index in [4.69, 9.17) is 4.74 Å². The first-order chi connectivity index (χ1) is 6.95. The third-order valence-electron chi connectivity index (χ3n) is 2.39. The number of allylic oxidation sites excluding steroid dienone is 3. The zero-order valence-corrected chi connectivity index (χ0v) is 8.75. The third kappa shape index (κ3) is 1.53. The lowest BCUT2D eigenvalue weighted by Crippen LogP contribution is -2.08. The number of ether oxygens (including phenoxy) is 1. The number of rotatable bonds is 0. The standard InChI is InChI=1S/C12H9NO.ClH/c1-2-4-12-10(3-1)11-7-13-6-5-9(11)8-14-12;/h1-8,13H;1H. The van der Waals surface area contributed by atoms with E-state index >= 15 is 0 Å². The molecule has 0 aromatic heterocycles. The third-order valence-corrected chi connectivity index (χ3v) is 2.39. The van der Waals surface area contributed by atoms with Gasteiger partial charge in [0.15, 0.2) is 0 Å². The second-order valence-corrected chi connectivity index (χ2v) is 3.25. The van der Waals surface area contributed by atoms with E-state index in [9.17, 15) is 0 Å². The average Bonchev–Trinajstić information content (AvgIpc) is 2.29. The molecule has 0 saturated carbocycles. The van der Waals surface area contributed by atoms with Crippen LogP contribution in [0.2, 0.25) is 0 Å². The fraction of sp³-hybridized carbons (Fsp3) is 0. The molecule has 15 heavy (non-hydrogen) atoms. The fourth-order valence-electron chi connectivity index (χ4n) is 1.70. The molecule has 3 heteroatoms. The molecule has 2 aliphatic rings. The topological polar surface area (TPSA) is 21.3 Å². The molecule has 0 saturated heterocycles. The van der Waals surface area contributed by atoms with Crippen molar-refractivity contribution in [2.24, 2.45) is 0 Å². The van der Waals surface area contributed by atoms with E-state index in [1.165, 1.54) is 5.57 Å². The van der Waals surface area contributed by atoms with Crippen LogP contribution in [0.15, 0.2) is 54.6 Å². The van der Waals surface area contributed by atoms with Crippen molar-refractivity contribution in [1.29, 1.82) is 0 Å². The Kier molecular flexibility index (Phi) is 2.52. The lowest BCUT2D eigenvalue weighted by molar-refractivity contribution is 0.472. The number of hydrogen-bond donors (Lipinski definition) is 1. The van der Waals surface area contributed by atoms with Crippen LogP contribution in [0.1, 0.15) is 5.56 Å².